The zero-order chi connectivity index (χ0) is 18.7. The quantitative estimate of drug-likeness (QED) is 0.713. The molecule has 0 unspecified atom stereocenters. The van der Waals surface area contributed by atoms with E-state index >= 15 is 0 Å². The summed E-state index contributed by atoms with van der Waals surface area (Å²) in [6, 6.07) is 3.98. The third-order valence-electron chi connectivity index (χ3n) is 4.15. The van der Waals surface area contributed by atoms with Crippen molar-refractivity contribution in [3.05, 3.63) is 51.5 Å². The van der Waals surface area contributed by atoms with Crippen LogP contribution in [0.3, 0.4) is 0 Å². The maximum atomic E-state index is 13.2. The molecule has 0 bridgehead atoms. The second kappa shape index (κ2) is 8.29. The van der Waals surface area contributed by atoms with Crippen molar-refractivity contribution in [1.29, 1.82) is 0 Å². The molecule has 1 aromatic heterocycles. The van der Waals surface area contributed by atoms with E-state index in [4.69, 9.17) is 34.8 Å². The number of hydrogen-bond acceptors (Lipinski definition) is 3. The molecule has 0 radical (unpaired) electrons. The van der Waals surface area contributed by atoms with Gasteiger partial charge in [0.2, 0.25) is 0 Å². The predicted molar refractivity (Wildman–Crippen MR) is 103 cm³/mol. The van der Waals surface area contributed by atoms with Gasteiger partial charge in [0.25, 0.3) is 0 Å². The van der Waals surface area contributed by atoms with Crippen LogP contribution in [-0.4, -0.2) is 35.0 Å². The van der Waals surface area contributed by atoms with Gasteiger partial charge in [0.1, 0.15) is 5.82 Å². The fourth-order valence-electron chi connectivity index (χ4n) is 2.76. The van der Waals surface area contributed by atoms with Crippen LogP contribution in [0.15, 0.2) is 30.6 Å². The highest BCUT2D eigenvalue weighted by Gasteiger charge is 2.24. The molecule has 26 heavy (non-hydrogen) atoms. The molecule has 1 fully saturated rings. The Bertz CT molecular complexity index is 792. The Labute approximate surface area is 165 Å². The minimum absolute atomic E-state index is 0.0307. The number of hydrogen-bond donors (Lipinski definition) is 2. The lowest BCUT2D eigenvalue weighted by molar-refractivity contribution is 0.197. The van der Waals surface area contributed by atoms with Crippen LogP contribution in [0.1, 0.15) is 12.8 Å². The highest BCUT2D eigenvalue weighted by atomic mass is 35.5. The summed E-state index contributed by atoms with van der Waals surface area (Å²) in [5.74, 6) is -0.523. The largest absolute Gasteiger partial charge is 0.380 e. The van der Waals surface area contributed by atoms with E-state index in [9.17, 15) is 9.18 Å². The molecule has 1 aromatic carbocycles. The predicted octanol–water partition coefficient (Wildman–Crippen LogP) is 5.29. The second-order valence-corrected chi connectivity index (χ2v) is 7.16. The van der Waals surface area contributed by atoms with Crippen molar-refractivity contribution in [2.75, 3.05) is 23.7 Å². The van der Waals surface area contributed by atoms with E-state index in [0.29, 0.717) is 34.5 Å². The van der Waals surface area contributed by atoms with Crippen molar-refractivity contribution in [3.8, 4) is 0 Å². The van der Waals surface area contributed by atoms with E-state index in [-0.39, 0.29) is 17.1 Å². The summed E-state index contributed by atoms with van der Waals surface area (Å²) in [7, 11) is 0. The van der Waals surface area contributed by atoms with E-state index in [1.165, 1.54) is 30.6 Å². The van der Waals surface area contributed by atoms with Crippen molar-refractivity contribution >= 4 is 52.2 Å². The van der Waals surface area contributed by atoms with Crippen LogP contribution in [-0.2, 0) is 0 Å². The minimum Gasteiger partial charge on any atom is -0.380 e. The summed E-state index contributed by atoms with van der Waals surface area (Å²) in [5, 5.41) is 6.94. The first-order chi connectivity index (χ1) is 12.4. The molecule has 2 amide bonds. The van der Waals surface area contributed by atoms with E-state index < -0.39 is 5.82 Å². The van der Waals surface area contributed by atoms with Crippen LogP contribution in [0.5, 0.6) is 0 Å². The number of benzene rings is 1. The Kier molecular flexibility index (Phi) is 6.06. The van der Waals surface area contributed by atoms with Gasteiger partial charge in [0.05, 0.1) is 20.8 Å². The Hall–Kier alpha value is -1.76. The molecule has 0 saturated carbocycles. The van der Waals surface area contributed by atoms with Gasteiger partial charge in [0.15, 0.2) is 0 Å². The zero-order valence-electron chi connectivity index (χ0n) is 13.6. The van der Waals surface area contributed by atoms with Crippen LogP contribution in [0.4, 0.5) is 20.6 Å². The number of anilines is 2. The number of carbonyl (C=O) groups excluding carboxylic acids is 1. The summed E-state index contributed by atoms with van der Waals surface area (Å²) < 4.78 is 13.2. The molecule has 1 aliphatic rings. The molecule has 0 aliphatic carbocycles. The lowest BCUT2D eigenvalue weighted by Crippen LogP contribution is -2.44. The zero-order valence-corrected chi connectivity index (χ0v) is 15.9. The van der Waals surface area contributed by atoms with Gasteiger partial charge in [0, 0.05) is 37.2 Å². The van der Waals surface area contributed by atoms with Crippen LogP contribution in [0.25, 0.3) is 0 Å². The number of nitrogens with one attached hydrogen (secondary N) is 2. The average molecular weight is 418 g/mol. The topological polar surface area (TPSA) is 57.3 Å². The van der Waals surface area contributed by atoms with Crippen molar-refractivity contribution in [3.63, 3.8) is 0 Å². The molecule has 2 aromatic rings. The Balaban J connectivity index is 1.54. The molecule has 1 saturated heterocycles. The lowest BCUT2D eigenvalue weighted by Gasteiger charge is -2.33. The Morgan fingerprint density at radius 2 is 1.77 bits per heavy atom. The first kappa shape index (κ1) is 19.0. The van der Waals surface area contributed by atoms with Gasteiger partial charge in [-0.1, -0.05) is 34.8 Å². The maximum Gasteiger partial charge on any atom is 0.321 e. The number of piperidine rings is 1. The van der Waals surface area contributed by atoms with Crippen molar-refractivity contribution in [2.24, 2.45) is 0 Å². The average Bonchev–Trinajstić information content (AvgIpc) is 2.62. The van der Waals surface area contributed by atoms with Crippen LogP contribution in [0, 0.1) is 5.82 Å². The third-order valence-corrected chi connectivity index (χ3v) is 5.02. The van der Waals surface area contributed by atoms with Gasteiger partial charge >= 0.3 is 6.03 Å². The number of urea groups is 1. The molecule has 138 valence electrons. The number of pyridine rings is 1. The number of nitrogens with zero attached hydrogens (tertiary/aromatic N) is 2. The Morgan fingerprint density at radius 3 is 2.38 bits per heavy atom. The highest BCUT2D eigenvalue weighted by Crippen LogP contribution is 2.30. The van der Waals surface area contributed by atoms with E-state index in [2.05, 4.69) is 15.6 Å². The molecular weight excluding hydrogens is 402 g/mol. The number of aromatic nitrogens is 1. The molecule has 2 N–H and O–H groups in total. The van der Waals surface area contributed by atoms with Gasteiger partial charge in [-0.15, -0.1) is 0 Å². The lowest BCUT2D eigenvalue weighted by atomic mass is 10.1. The fourth-order valence-corrected chi connectivity index (χ4v) is 3.41. The summed E-state index contributed by atoms with van der Waals surface area (Å²) in [4.78, 5) is 18.0. The molecule has 2 heterocycles. The molecule has 1 aliphatic heterocycles. The number of amides is 2. The Morgan fingerprint density at radius 1 is 1.12 bits per heavy atom. The standard InChI is InChI=1S/C17H16Cl3FN4O/c18-12-7-11(1-2-15(12)21)24-17(26)25-5-3-10(4-6-25)23-16-13(19)8-22-9-14(16)20/h1-2,7-10H,3-6H2,(H,22,23)(H,24,26). The summed E-state index contributed by atoms with van der Waals surface area (Å²) >= 11 is 18.0. The number of carbonyl (C=O) groups is 1. The first-order valence-electron chi connectivity index (χ1n) is 8.00. The highest BCUT2D eigenvalue weighted by molar-refractivity contribution is 6.38. The van der Waals surface area contributed by atoms with E-state index in [1.54, 1.807) is 4.90 Å². The summed E-state index contributed by atoms with van der Waals surface area (Å²) in [5.41, 5.74) is 1.11. The van der Waals surface area contributed by atoms with Crippen molar-refractivity contribution in [2.45, 2.75) is 18.9 Å². The van der Waals surface area contributed by atoms with Gasteiger partial charge in [-0.05, 0) is 31.0 Å². The summed E-state index contributed by atoms with van der Waals surface area (Å²) in [6.45, 7) is 1.14. The van der Waals surface area contributed by atoms with Gasteiger partial charge < -0.3 is 15.5 Å². The first-order valence-corrected chi connectivity index (χ1v) is 9.14. The smallest absolute Gasteiger partial charge is 0.321 e. The normalized spacial score (nSPS) is 15.0. The molecular formula is C17H16Cl3FN4O. The third kappa shape index (κ3) is 4.50. The number of halogens is 4. The SMILES string of the molecule is O=C(Nc1ccc(F)c(Cl)c1)N1CCC(Nc2c(Cl)cncc2Cl)CC1. The van der Waals surface area contributed by atoms with Gasteiger partial charge in [-0.25, -0.2) is 9.18 Å². The fraction of sp³-hybridized carbons (Fsp3) is 0.294. The van der Waals surface area contributed by atoms with Gasteiger partial charge in [-0.2, -0.15) is 0 Å². The van der Waals surface area contributed by atoms with E-state index in [0.717, 1.165) is 12.8 Å². The molecule has 0 atom stereocenters. The number of likely N-dealkylation sites (tertiary alicyclic amines) is 1. The minimum atomic E-state index is -0.523. The molecule has 5 nitrogen and oxygen atoms in total. The van der Waals surface area contributed by atoms with Gasteiger partial charge in [-0.3, -0.25) is 4.98 Å². The summed E-state index contributed by atoms with van der Waals surface area (Å²) in [6.07, 6.45) is 4.55. The molecule has 9 heteroatoms. The van der Waals surface area contributed by atoms with Crippen molar-refractivity contribution in [1.82, 2.24) is 9.88 Å². The van der Waals surface area contributed by atoms with E-state index in [1.807, 2.05) is 0 Å². The van der Waals surface area contributed by atoms with Crippen LogP contribution in [0.2, 0.25) is 15.1 Å². The monoisotopic (exact) mass is 416 g/mol. The second-order valence-electron chi connectivity index (χ2n) is 5.94. The molecule has 0 spiro atoms. The molecule has 3 rings (SSSR count). The number of rotatable bonds is 3. The van der Waals surface area contributed by atoms with Crippen molar-refractivity contribution < 1.29 is 9.18 Å². The van der Waals surface area contributed by atoms with Crippen LogP contribution < -0.4 is 10.6 Å². The van der Waals surface area contributed by atoms with Crippen LogP contribution >= 0.6 is 34.8 Å². The maximum absolute atomic E-state index is 13.2.